The third-order valence-electron chi connectivity index (χ3n) is 2.82. The average molecular weight is 267 g/mol. The molecule has 0 radical (unpaired) electrons. The van der Waals surface area contributed by atoms with Crippen LogP contribution in [0.1, 0.15) is 24.3 Å². The van der Waals surface area contributed by atoms with E-state index in [2.05, 4.69) is 10.3 Å². The van der Waals surface area contributed by atoms with Crippen molar-refractivity contribution in [2.24, 2.45) is 5.73 Å². The third-order valence-corrected chi connectivity index (χ3v) is 2.82. The van der Waals surface area contributed by atoms with E-state index in [9.17, 15) is 9.59 Å². The number of hydrogen-bond acceptors (Lipinski definition) is 4. The maximum absolute atomic E-state index is 11.9. The first-order valence-electron chi connectivity index (χ1n) is 6.27. The van der Waals surface area contributed by atoms with Gasteiger partial charge in [-0.15, -0.1) is 0 Å². The summed E-state index contributed by atoms with van der Waals surface area (Å²) in [6, 6.07) is -0.572. The van der Waals surface area contributed by atoms with Crippen LogP contribution >= 0.6 is 0 Å². The lowest BCUT2D eigenvalue weighted by Crippen LogP contribution is -2.45. The van der Waals surface area contributed by atoms with E-state index >= 15 is 0 Å². The van der Waals surface area contributed by atoms with Gasteiger partial charge in [0.15, 0.2) is 0 Å². The molecule has 1 heterocycles. The first-order valence-corrected chi connectivity index (χ1v) is 6.27. The Morgan fingerprint density at radius 3 is 2.84 bits per heavy atom. The number of likely N-dealkylation sites (N-methyl/N-ethyl adjacent to an activating group) is 1. The minimum absolute atomic E-state index is 0.128. The van der Waals surface area contributed by atoms with Crippen molar-refractivity contribution in [3.05, 3.63) is 18.2 Å². The molecule has 0 bridgehead atoms. The summed E-state index contributed by atoms with van der Waals surface area (Å²) in [5.41, 5.74) is 5.70. The van der Waals surface area contributed by atoms with Gasteiger partial charge in [0, 0.05) is 32.9 Å². The summed E-state index contributed by atoms with van der Waals surface area (Å²) in [7, 11) is 1.70. The van der Waals surface area contributed by atoms with Gasteiger partial charge >= 0.3 is 0 Å². The van der Waals surface area contributed by atoms with Crippen LogP contribution in [-0.4, -0.2) is 52.4 Å². The van der Waals surface area contributed by atoms with Crippen LogP contribution < -0.4 is 11.1 Å². The van der Waals surface area contributed by atoms with Crippen LogP contribution in [0.4, 0.5) is 0 Å². The van der Waals surface area contributed by atoms with Crippen LogP contribution in [-0.2, 0) is 11.3 Å². The largest absolute Gasteiger partial charge is 0.344 e. The van der Waals surface area contributed by atoms with Gasteiger partial charge in [0.2, 0.25) is 5.91 Å². The number of carbonyl (C=O) groups excluding carboxylic acids is 2. The number of imidazole rings is 1. The van der Waals surface area contributed by atoms with Gasteiger partial charge in [-0.1, -0.05) is 0 Å². The molecule has 0 aliphatic rings. The van der Waals surface area contributed by atoms with Gasteiger partial charge in [-0.2, -0.15) is 0 Å². The fourth-order valence-electron chi connectivity index (χ4n) is 1.57. The topological polar surface area (TPSA) is 93.2 Å². The highest BCUT2D eigenvalue weighted by molar-refractivity contribution is 5.95. The van der Waals surface area contributed by atoms with Crippen molar-refractivity contribution in [1.29, 1.82) is 0 Å². The Labute approximate surface area is 112 Å². The highest BCUT2D eigenvalue weighted by Crippen LogP contribution is 1.98. The van der Waals surface area contributed by atoms with Crippen LogP contribution in [0.25, 0.3) is 0 Å². The zero-order valence-electron chi connectivity index (χ0n) is 11.6. The fraction of sp³-hybridized carbons (Fsp3) is 0.583. The summed E-state index contributed by atoms with van der Waals surface area (Å²) in [5, 5.41) is 2.63. The highest BCUT2D eigenvalue weighted by Gasteiger charge is 2.20. The number of nitrogens with zero attached hydrogens (tertiary/aromatic N) is 3. The van der Waals surface area contributed by atoms with E-state index in [4.69, 9.17) is 5.73 Å². The average Bonchev–Trinajstić information content (AvgIpc) is 2.86. The lowest BCUT2D eigenvalue weighted by atomic mass is 10.2. The number of carbonyl (C=O) groups is 2. The van der Waals surface area contributed by atoms with E-state index in [0.29, 0.717) is 19.6 Å². The number of nitrogens with one attached hydrogen (secondary N) is 1. The van der Waals surface area contributed by atoms with Crippen LogP contribution in [0, 0.1) is 0 Å². The minimum Gasteiger partial charge on any atom is -0.344 e. The number of amides is 2. The van der Waals surface area contributed by atoms with Crippen molar-refractivity contribution in [3.63, 3.8) is 0 Å². The summed E-state index contributed by atoms with van der Waals surface area (Å²) >= 11 is 0. The molecule has 1 atom stereocenters. The molecule has 0 aliphatic carbocycles. The Bertz CT molecular complexity index is 443. The first kappa shape index (κ1) is 15.2. The number of aromatic nitrogens is 2. The third kappa shape index (κ3) is 4.06. The molecule has 106 valence electrons. The Balaban J connectivity index is 2.60. The Morgan fingerprint density at radius 1 is 1.58 bits per heavy atom. The molecule has 1 aromatic heterocycles. The lowest BCUT2D eigenvalue weighted by Gasteiger charge is -2.20. The van der Waals surface area contributed by atoms with Crippen LogP contribution in [0.15, 0.2) is 12.5 Å². The molecule has 3 N–H and O–H groups in total. The van der Waals surface area contributed by atoms with Crippen molar-refractivity contribution in [2.45, 2.75) is 26.4 Å². The molecule has 1 unspecified atom stereocenters. The second-order valence-corrected chi connectivity index (χ2v) is 4.33. The van der Waals surface area contributed by atoms with Crippen molar-refractivity contribution >= 4 is 11.8 Å². The van der Waals surface area contributed by atoms with Crippen LogP contribution in [0.3, 0.4) is 0 Å². The summed E-state index contributed by atoms with van der Waals surface area (Å²) in [6.07, 6.45) is 3.16. The lowest BCUT2D eigenvalue weighted by molar-refractivity contribution is -0.131. The van der Waals surface area contributed by atoms with E-state index in [1.54, 1.807) is 36.0 Å². The SMILES string of the molecule is CCN(C)C(=O)C(C)NC(=O)c1cn(CCN)cn1. The van der Waals surface area contributed by atoms with Crippen molar-refractivity contribution < 1.29 is 9.59 Å². The summed E-state index contributed by atoms with van der Waals surface area (Å²) < 4.78 is 1.74. The summed E-state index contributed by atoms with van der Waals surface area (Å²) in [5.74, 6) is -0.488. The molecule has 0 aliphatic heterocycles. The van der Waals surface area contributed by atoms with Crippen molar-refractivity contribution in [2.75, 3.05) is 20.1 Å². The molecule has 2 amide bonds. The molecule has 1 rings (SSSR count). The maximum atomic E-state index is 11.9. The Hall–Kier alpha value is -1.89. The summed E-state index contributed by atoms with van der Waals surface area (Å²) in [4.78, 5) is 29.3. The molecule has 0 saturated heterocycles. The van der Waals surface area contributed by atoms with Gasteiger partial charge in [0.25, 0.3) is 5.91 Å². The van der Waals surface area contributed by atoms with Crippen molar-refractivity contribution in [1.82, 2.24) is 19.8 Å². The van der Waals surface area contributed by atoms with Gasteiger partial charge in [-0.05, 0) is 13.8 Å². The highest BCUT2D eigenvalue weighted by atomic mass is 16.2. The molecule has 1 aromatic rings. The molecular formula is C12H21N5O2. The molecule has 7 heteroatoms. The van der Waals surface area contributed by atoms with Gasteiger partial charge in [-0.3, -0.25) is 9.59 Å². The second-order valence-electron chi connectivity index (χ2n) is 4.33. The number of nitrogens with two attached hydrogens (primary N) is 1. The molecular weight excluding hydrogens is 246 g/mol. The van der Waals surface area contributed by atoms with Gasteiger partial charge < -0.3 is 20.5 Å². The van der Waals surface area contributed by atoms with Crippen LogP contribution in [0.5, 0.6) is 0 Å². The van der Waals surface area contributed by atoms with E-state index in [-0.39, 0.29) is 17.5 Å². The van der Waals surface area contributed by atoms with Gasteiger partial charge in [0.05, 0.1) is 6.33 Å². The molecule has 19 heavy (non-hydrogen) atoms. The predicted octanol–water partition coefficient (Wildman–Crippen LogP) is -0.562. The van der Waals surface area contributed by atoms with E-state index in [0.717, 1.165) is 0 Å². The molecule has 0 fully saturated rings. The zero-order valence-corrected chi connectivity index (χ0v) is 11.6. The van der Waals surface area contributed by atoms with Gasteiger partial charge in [-0.25, -0.2) is 4.98 Å². The van der Waals surface area contributed by atoms with E-state index < -0.39 is 6.04 Å². The molecule has 0 saturated carbocycles. The smallest absolute Gasteiger partial charge is 0.272 e. The Morgan fingerprint density at radius 2 is 2.26 bits per heavy atom. The number of hydrogen-bond donors (Lipinski definition) is 2. The number of rotatable bonds is 6. The monoisotopic (exact) mass is 267 g/mol. The van der Waals surface area contributed by atoms with Crippen molar-refractivity contribution in [3.8, 4) is 0 Å². The standard InChI is InChI=1S/C12H21N5O2/c1-4-16(3)12(19)9(2)15-11(18)10-7-17(6-5-13)8-14-10/h7-9H,4-6,13H2,1-3H3,(H,15,18). The Kier molecular flexibility index (Phi) is 5.50. The first-order chi connectivity index (χ1) is 8.99. The zero-order chi connectivity index (χ0) is 14.4. The van der Waals surface area contributed by atoms with Crippen LogP contribution in [0.2, 0.25) is 0 Å². The maximum Gasteiger partial charge on any atom is 0.272 e. The quantitative estimate of drug-likeness (QED) is 0.722. The normalized spacial score (nSPS) is 12.0. The molecule has 0 spiro atoms. The molecule has 0 aromatic carbocycles. The van der Waals surface area contributed by atoms with Gasteiger partial charge in [0.1, 0.15) is 11.7 Å². The molecule has 7 nitrogen and oxygen atoms in total. The fourth-order valence-corrected chi connectivity index (χ4v) is 1.57. The second kappa shape index (κ2) is 6.89. The summed E-state index contributed by atoms with van der Waals surface area (Å²) in [6.45, 7) is 5.22. The van der Waals surface area contributed by atoms with E-state index in [1.165, 1.54) is 0 Å². The van der Waals surface area contributed by atoms with E-state index in [1.807, 2.05) is 6.92 Å². The predicted molar refractivity (Wildman–Crippen MR) is 71.5 cm³/mol. The minimum atomic E-state index is -0.572.